The number of rotatable bonds is 10. The number of phosphoric ester groups is 1. The van der Waals surface area contributed by atoms with Crippen LogP contribution >= 0.6 is 21.3 Å². The van der Waals surface area contributed by atoms with Gasteiger partial charge in [-0.05, 0) is 18.3 Å². The van der Waals surface area contributed by atoms with Crippen molar-refractivity contribution in [2.24, 2.45) is 5.41 Å². The van der Waals surface area contributed by atoms with Crippen LogP contribution in [-0.2, 0) is 9.09 Å². The van der Waals surface area contributed by atoms with Crippen molar-refractivity contribution in [3.05, 3.63) is 0 Å². The largest absolute Gasteiger partial charge is 0.469 e. The molecule has 0 rings (SSSR count). The highest BCUT2D eigenvalue weighted by molar-refractivity contribution is 7.59. The zero-order valence-electron chi connectivity index (χ0n) is 11.8. The summed E-state index contributed by atoms with van der Waals surface area (Å²) in [6.07, 6.45) is 7.63. The lowest BCUT2D eigenvalue weighted by Gasteiger charge is -2.30. The summed E-state index contributed by atoms with van der Waals surface area (Å²) in [4.78, 5) is 17.0. The molecule has 0 aromatic carbocycles. The molecule has 0 atom stereocenters. The molecule has 2 N–H and O–H groups in total. The maximum absolute atomic E-state index is 10.4. The summed E-state index contributed by atoms with van der Waals surface area (Å²) in [5.41, 5.74) is 0.462. The summed E-state index contributed by atoms with van der Waals surface area (Å²) in [6.45, 7) is 6.87. The topological polar surface area (TPSA) is 66.8 Å². The van der Waals surface area contributed by atoms with Gasteiger partial charge in [0.15, 0.2) is 0 Å². The van der Waals surface area contributed by atoms with E-state index in [2.05, 4.69) is 25.3 Å². The van der Waals surface area contributed by atoms with Crippen LogP contribution in [0.3, 0.4) is 0 Å². The maximum Gasteiger partial charge on any atom is 0.469 e. The molecule has 0 amide bonds. The van der Waals surface area contributed by atoms with E-state index in [4.69, 9.17) is 9.79 Å². The highest BCUT2D eigenvalue weighted by Gasteiger charge is 2.22. The van der Waals surface area contributed by atoms with Crippen LogP contribution in [0.25, 0.3) is 0 Å². The van der Waals surface area contributed by atoms with Crippen LogP contribution in [0.1, 0.15) is 65.7 Å². The first kappa shape index (κ1) is 20.8. The zero-order chi connectivity index (χ0) is 13.4. The Morgan fingerprint density at radius 3 is 1.89 bits per heavy atom. The zero-order valence-corrected chi connectivity index (χ0v) is 13.7. The normalized spacial score (nSPS) is 12.3. The Hall–Kier alpha value is 0.460. The van der Waals surface area contributed by atoms with E-state index in [1.54, 1.807) is 0 Å². The second-order valence-electron chi connectivity index (χ2n) is 4.70. The van der Waals surface area contributed by atoms with E-state index < -0.39 is 7.82 Å². The highest BCUT2D eigenvalue weighted by Crippen LogP contribution is 2.37. The molecule has 0 aliphatic heterocycles. The molecule has 6 heteroatoms. The molecule has 112 valence electrons. The molecular weight excluding hydrogens is 271 g/mol. The third-order valence-corrected chi connectivity index (χ3v) is 4.38. The average Bonchev–Trinajstić information content (AvgIpc) is 2.28. The summed E-state index contributed by atoms with van der Waals surface area (Å²) in [6, 6.07) is 0. The Labute approximate surface area is 118 Å². The molecule has 18 heavy (non-hydrogen) atoms. The van der Waals surface area contributed by atoms with Crippen molar-refractivity contribution >= 4 is 21.3 Å². The lowest BCUT2D eigenvalue weighted by atomic mass is 9.76. The molecule has 0 saturated carbocycles. The van der Waals surface area contributed by atoms with Crippen LogP contribution in [0.5, 0.6) is 0 Å². The Balaban J connectivity index is 0. The number of phosphoric acid groups is 1. The second kappa shape index (κ2) is 10.3. The van der Waals surface area contributed by atoms with Crippen molar-refractivity contribution in [2.75, 3.05) is 6.61 Å². The van der Waals surface area contributed by atoms with Gasteiger partial charge >= 0.3 is 7.82 Å². The van der Waals surface area contributed by atoms with Crippen LogP contribution in [0, 0.1) is 5.41 Å². The quantitative estimate of drug-likeness (QED) is 0.473. The third-order valence-electron chi connectivity index (χ3n) is 3.86. The number of unbranched alkanes of at least 4 members (excludes halogenated alkanes) is 2. The minimum absolute atomic E-state index is 0. The van der Waals surface area contributed by atoms with Gasteiger partial charge in [-0.2, -0.15) is 13.5 Å². The number of hydrogen-bond donors (Lipinski definition) is 2. The first-order valence-corrected chi connectivity index (χ1v) is 8.12. The minimum atomic E-state index is -4.26. The van der Waals surface area contributed by atoms with Gasteiger partial charge in [-0.3, -0.25) is 4.52 Å². The van der Waals surface area contributed by atoms with E-state index >= 15 is 0 Å². The Morgan fingerprint density at radius 1 is 1.00 bits per heavy atom. The fourth-order valence-corrected chi connectivity index (χ4v) is 2.61. The molecule has 0 heterocycles. The molecule has 0 aliphatic rings. The predicted molar refractivity (Wildman–Crippen MR) is 80.2 cm³/mol. The molecule has 0 fully saturated rings. The Kier molecular flexibility index (Phi) is 11.9. The third kappa shape index (κ3) is 9.40. The van der Waals surface area contributed by atoms with Gasteiger partial charge in [0.05, 0.1) is 6.61 Å². The average molecular weight is 300 g/mol. The molecule has 0 bridgehead atoms. The van der Waals surface area contributed by atoms with Gasteiger partial charge in [0.25, 0.3) is 0 Å². The van der Waals surface area contributed by atoms with Gasteiger partial charge in [-0.1, -0.05) is 52.9 Å². The highest BCUT2D eigenvalue weighted by atomic mass is 32.1. The summed E-state index contributed by atoms with van der Waals surface area (Å²) in [5, 5.41) is 0. The van der Waals surface area contributed by atoms with Crippen molar-refractivity contribution in [1.29, 1.82) is 0 Å². The van der Waals surface area contributed by atoms with Gasteiger partial charge in [0.1, 0.15) is 0 Å². The van der Waals surface area contributed by atoms with Crippen LogP contribution in [0.4, 0.5) is 0 Å². The van der Waals surface area contributed by atoms with Crippen molar-refractivity contribution < 1.29 is 18.9 Å². The van der Waals surface area contributed by atoms with Crippen LogP contribution < -0.4 is 0 Å². The second-order valence-corrected chi connectivity index (χ2v) is 5.93. The molecule has 0 saturated heterocycles. The van der Waals surface area contributed by atoms with Crippen LogP contribution in [0.15, 0.2) is 0 Å². The van der Waals surface area contributed by atoms with Gasteiger partial charge in [-0.15, -0.1) is 0 Å². The van der Waals surface area contributed by atoms with Gasteiger partial charge in [0.2, 0.25) is 0 Å². The standard InChI is InChI=1S/C12H27O4P.H2S/c1-4-12(5-2,6-3)10-8-7-9-11-16-17(13,14)15;/h4-11H2,1-3H3,(H2,13,14,15);1H2. The molecule has 0 aromatic heterocycles. The Morgan fingerprint density at radius 2 is 1.50 bits per heavy atom. The van der Waals surface area contributed by atoms with Gasteiger partial charge < -0.3 is 9.79 Å². The first-order valence-electron chi connectivity index (χ1n) is 6.59. The van der Waals surface area contributed by atoms with E-state index in [0.717, 1.165) is 19.3 Å². The lowest BCUT2D eigenvalue weighted by molar-refractivity contribution is 0.187. The Bertz CT molecular complexity index is 230. The number of hydrogen-bond acceptors (Lipinski definition) is 2. The van der Waals surface area contributed by atoms with E-state index in [9.17, 15) is 4.57 Å². The van der Waals surface area contributed by atoms with Crippen molar-refractivity contribution in [1.82, 2.24) is 0 Å². The summed E-state index contributed by atoms with van der Waals surface area (Å²) in [5.74, 6) is 0. The SMILES string of the molecule is CCC(CC)(CC)CCCCCOP(=O)(O)O.S. The smallest absolute Gasteiger partial charge is 0.303 e. The molecular formula is C12H29O4PS. The van der Waals surface area contributed by atoms with Crippen LogP contribution in [-0.4, -0.2) is 16.4 Å². The minimum Gasteiger partial charge on any atom is -0.303 e. The van der Waals surface area contributed by atoms with Crippen molar-refractivity contribution in [2.45, 2.75) is 65.7 Å². The van der Waals surface area contributed by atoms with Gasteiger partial charge in [0, 0.05) is 0 Å². The fourth-order valence-electron chi connectivity index (χ4n) is 2.24. The summed E-state index contributed by atoms with van der Waals surface area (Å²) >= 11 is 0. The van der Waals surface area contributed by atoms with Gasteiger partial charge in [-0.25, -0.2) is 4.57 Å². The van der Waals surface area contributed by atoms with E-state index in [-0.39, 0.29) is 20.1 Å². The monoisotopic (exact) mass is 300 g/mol. The molecule has 0 spiro atoms. The molecule has 0 radical (unpaired) electrons. The first-order chi connectivity index (χ1) is 7.89. The van der Waals surface area contributed by atoms with E-state index in [0.29, 0.717) is 5.41 Å². The van der Waals surface area contributed by atoms with Crippen LogP contribution in [0.2, 0.25) is 0 Å². The summed E-state index contributed by atoms with van der Waals surface area (Å²) in [7, 11) is -4.26. The lowest BCUT2D eigenvalue weighted by Crippen LogP contribution is -2.17. The molecule has 0 aromatic rings. The van der Waals surface area contributed by atoms with E-state index in [1.807, 2.05) is 0 Å². The maximum atomic E-state index is 10.4. The molecule has 4 nitrogen and oxygen atoms in total. The predicted octanol–water partition coefficient (Wildman–Crippen LogP) is 3.99. The molecule has 0 aliphatic carbocycles. The van der Waals surface area contributed by atoms with Crippen molar-refractivity contribution in [3.8, 4) is 0 Å². The summed E-state index contributed by atoms with van der Waals surface area (Å²) < 4.78 is 14.8. The van der Waals surface area contributed by atoms with E-state index in [1.165, 1.54) is 25.7 Å². The van der Waals surface area contributed by atoms with Crippen molar-refractivity contribution in [3.63, 3.8) is 0 Å². The molecule has 0 unspecified atom stereocenters. The fraction of sp³-hybridized carbons (Fsp3) is 1.00.